The molecule has 0 spiro atoms. The molecule has 0 aliphatic carbocycles. The average molecular weight is 324 g/mol. The topological polar surface area (TPSA) is 21.1 Å². The number of aryl methyl sites for hydroxylation is 1. The van der Waals surface area contributed by atoms with Crippen molar-refractivity contribution in [2.24, 2.45) is 7.05 Å². The molecule has 1 aliphatic rings. The fourth-order valence-electron chi connectivity index (χ4n) is 2.89. The van der Waals surface area contributed by atoms with Gasteiger partial charge in [-0.3, -0.25) is 4.68 Å². The van der Waals surface area contributed by atoms with Crippen LogP contribution in [-0.2, 0) is 7.05 Å². The van der Waals surface area contributed by atoms with Crippen LogP contribution in [0.5, 0.6) is 0 Å². The Balaban J connectivity index is 1.95. The van der Waals surface area contributed by atoms with E-state index < -0.39 is 0 Å². The molecule has 3 rings (SSSR count). The summed E-state index contributed by atoms with van der Waals surface area (Å²) < 4.78 is 1.94. The van der Waals surface area contributed by atoms with Gasteiger partial charge in [0.1, 0.15) is 5.82 Å². The second-order valence-electron chi connectivity index (χ2n) is 5.51. The summed E-state index contributed by atoms with van der Waals surface area (Å²) in [6.45, 7) is 2.20. The molecule has 112 valence electrons. The molecule has 1 aliphatic heterocycles. The van der Waals surface area contributed by atoms with E-state index in [2.05, 4.69) is 16.1 Å². The highest BCUT2D eigenvalue weighted by molar-refractivity contribution is 6.43. The van der Waals surface area contributed by atoms with Crippen molar-refractivity contribution >= 4 is 29.0 Å². The molecule has 5 heteroatoms. The van der Waals surface area contributed by atoms with Gasteiger partial charge in [0.2, 0.25) is 0 Å². The van der Waals surface area contributed by atoms with E-state index in [4.69, 9.17) is 23.2 Å². The van der Waals surface area contributed by atoms with Crippen LogP contribution in [0.3, 0.4) is 0 Å². The van der Waals surface area contributed by atoms with Gasteiger partial charge in [-0.25, -0.2) is 0 Å². The molecule has 2 heterocycles. The molecule has 0 atom stereocenters. The zero-order valence-electron chi connectivity index (χ0n) is 12.1. The van der Waals surface area contributed by atoms with Crippen LogP contribution in [0, 0.1) is 0 Å². The maximum atomic E-state index is 6.31. The van der Waals surface area contributed by atoms with Crippen molar-refractivity contribution in [1.82, 2.24) is 9.78 Å². The first-order valence-electron chi connectivity index (χ1n) is 7.40. The maximum Gasteiger partial charge on any atom is 0.127 e. The van der Waals surface area contributed by atoms with Crippen molar-refractivity contribution in [2.45, 2.75) is 25.7 Å². The first kappa shape index (κ1) is 14.7. The molecule has 3 nitrogen and oxygen atoms in total. The van der Waals surface area contributed by atoms with Crippen molar-refractivity contribution < 1.29 is 0 Å². The highest BCUT2D eigenvalue weighted by Gasteiger charge is 2.17. The summed E-state index contributed by atoms with van der Waals surface area (Å²) in [4.78, 5) is 2.42. The predicted octanol–water partition coefficient (Wildman–Crippen LogP) is 4.77. The van der Waals surface area contributed by atoms with Gasteiger partial charge in [-0.2, -0.15) is 5.10 Å². The van der Waals surface area contributed by atoms with Gasteiger partial charge >= 0.3 is 0 Å². The van der Waals surface area contributed by atoms with E-state index in [0.717, 1.165) is 30.2 Å². The van der Waals surface area contributed by atoms with Crippen molar-refractivity contribution in [3.05, 3.63) is 34.3 Å². The number of benzene rings is 1. The monoisotopic (exact) mass is 323 g/mol. The van der Waals surface area contributed by atoms with E-state index in [-0.39, 0.29) is 0 Å². The largest absolute Gasteiger partial charge is 0.357 e. The molecule has 2 aromatic rings. The third-order valence-electron chi connectivity index (χ3n) is 4.01. The summed E-state index contributed by atoms with van der Waals surface area (Å²) in [5, 5.41) is 5.76. The smallest absolute Gasteiger partial charge is 0.127 e. The number of aromatic nitrogens is 2. The fourth-order valence-corrected chi connectivity index (χ4v) is 3.28. The Bertz CT molecular complexity index is 628. The molecule has 1 aromatic carbocycles. The summed E-state index contributed by atoms with van der Waals surface area (Å²) in [5.74, 6) is 1.16. The van der Waals surface area contributed by atoms with Gasteiger partial charge in [0, 0.05) is 31.8 Å². The molecule has 0 radical (unpaired) electrons. The predicted molar refractivity (Wildman–Crippen MR) is 89.3 cm³/mol. The van der Waals surface area contributed by atoms with Gasteiger partial charge in [0.25, 0.3) is 0 Å². The lowest BCUT2D eigenvalue weighted by Gasteiger charge is -2.21. The Kier molecular flexibility index (Phi) is 4.41. The van der Waals surface area contributed by atoms with Gasteiger partial charge in [-0.05, 0) is 18.9 Å². The minimum absolute atomic E-state index is 0.566. The molecule has 1 saturated heterocycles. The summed E-state index contributed by atoms with van der Waals surface area (Å²) in [7, 11) is 1.99. The highest BCUT2D eigenvalue weighted by atomic mass is 35.5. The SMILES string of the molecule is Cn1nc(-c2cccc(Cl)c2Cl)cc1N1CCCCCC1. The zero-order chi connectivity index (χ0) is 14.8. The van der Waals surface area contributed by atoms with E-state index in [0.29, 0.717) is 10.0 Å². The second kappa shape index (κ2) is 6.29. The van der Waals surface area contributed by atoms with Crippen LogP contribution in [-0.4, -0.2) is 22.9 Å². The molecule has 21 heavy (non-hydrogen) atoms. The van der Waals surface area contributed by atoms with Crippen LogP contribution >= 0.6 is 23.2 Å². The lowest BCUT2D eigenvalue weighted by Crippen LogP contribution is -2.25. The maximum absolute atomic E-state index is 6.31. The summed E-state index contributed by atoms with van der Waals surface area (Å²) in [6.07, 6.45) is 5.14. The van der Waals surface area contributed by atoms with E-state index in [1.165, 1.54) is 25.7 Å². The van der Waals surface area contributed by atoms with Crippen LogP contribution in [0.2, 0.25) is 10.0 Å². The minimum atomic E-state index is 0.566. The lowest BCUT2D eigenvalue weighted by atomic mass is 10.1. The average Bonchev–Trinajstić information content (AvgIpc) is 2.69. The number of anilines is 1. The molecule has 0 amide bonds. The number of rotatable bonds is 2. The lowest BCUT2D eigenvalue weighted by molar-refractivity contribution is 0.702. The highest BCUT2D eigenvalue weighted by Crippen LogP contribution is 2.34. The van der Waals surface area contributed by atoms with Crippen LogP contribution in [0.4, 0.5) is 5.82 Å². The zero-order valence-corrected chi connectivity index (χ0v) is 13.7. The van der Waals surface area contributed by atoms with Gasteiger partial charge in [-0.1, -0.05) is 48.2 Å². The summed E-state index contributed by atoms with van der Waals surface area (Å²) >= 11 is 12.4. The standard InChI is InChI=1S/C16H19Cl2N3/c1-20-15(21-9-4-2-3-5-10-21)11-14(19-20)12-7-6-8-13(17)16(12)18/h6-8,11H,2-5,9-10H2,1H3. The number of hydrogen-bond acceptors (Lipinski definition) is 2. The Labute approximate surface area is 135 Å². The molecule has 0 N–H and O–H groups in total. The Morgan fingerprint density at radius 3 is 2.48 bits per heavy atom. The van der Waals surface area contributed by atoms with Crippen LogP contribution in [0.25, 0.3) is 11.3 Å². The van der Waals surface area contributed by atoms with Crippen molar-refractivity contribution in [3.63, 3.8) is 0 Å². The van der Waals surface area contributed by atoms with Gasteiger partial charge in [0.15, 0.2) is 0 Å². The summed E-state index contributed by atoms with van der Waals surface area (Å²) in [5.41, 5.74) is 1.77. The van der Waals surface area contributed by atoms with Crippen molar-refractivity contribution in [1.29, 1.82) is 0 Å². The molecule has 1 aromatic heterocycles. The van der Waals surface area contributed by atoms with Crippen molar-refractivity contribution in [3.8, 4) is 11.3 Å². The first-order chi connectivity index (χ1) is 10.2. The number of nitrogens with zero attached hydrogens (tertiary/aromatic N) is 3. The molecule has 0 bridgehead atoms. The molecule has 0 saturated carbocycles. The number of hydrogen-bond donors (Lipinski definition) is 0. The van der Waals surface area contributed by atoms with Gasteiger partial charge < -0.3 is 4.90 Å². The minimum Gasteiger partial charge on any atom is -0.357 e. The molecular weight excluding hydrogens is 305 g/mol. The quantitative estimate of drug-likeness (QED) is 0.793. The Morgan fingerprint density at radius 1 is 1.05 bits per heavy atom. The Hall–Kier alpha value is -1.19. The third kappa shape index (κ3) is 3.04. The second-order valence-corrected chi connectivity index (χ2v) is 6.30. The van der Waals surface area contributed by atoms with Crippen LogP contribution in [0.15, 0.2) is 24.3 Å². The van der Waals surface area contributed by atoms with E-state index in [9.17, 15) is 0 Å². The molecule has 1 fully saturated rings. The van der Waals surface area contributed by atoms with E-state index >= 15 is 0 Å². The van der Waals surface area contributed by atoms with Crippen LogP contribution in [0.1, 0.15) is 25.7 Å². The van der Waals surface area contributed by atoms with Gasteiger partial charge in [-0.15, -0.1) is 0 Å². The Morgan fingerprint density at radius 2 is 1.76 bits per heavy atom. The first-order valence-corrected chi connectivity index (χ1v) is 8.16. The third-order valence-corrected chi connectivity index (χ3v) is 4.83. The van der Waals surface area contributed by atoms with E-state index in [1.807, 2.05) is 23.9 Å². The van der Waals surface area contributed by atoms with Crippen LogP contribution < -0.4 is 4.90 Å². The summed E-state index contributed by atoms with van der Waals surface area (Å²) in [6, 6.07) is 7.78. The van der Waals surface area contributed by atoms with Gasteiger partial charge in [0.05, 0.1) is 15.7 Å². The fraction of sp³-hybridized carbons (Fsp3) is 0.438. The normalized spacial score (nSPS) is 16.0. The molecule has 0 unspecified atom stereocenters. The molecular formula is C16H19Cl2N3. The number of halogens is 2. The van der Waals surface area contributed by atoms with E-state index in [1.54, 1.807) is 6.07 Å². The van der Waals surface area contributed by atoms with Crippen molar-refractivity contribution in [2.75, 3.05) is 18.0 Å².